The summed E-state index contributed by atoms with van der Waals surface area (Å²) in [4.78, 5) is 0. The fourth-order valence-corrected chi connectivity index (χ4v) is 12.7. The van der Waals surface area contributed by atoms with Crippen molar-refractivity contribution in [3.8, 4) is 0 Å². The van der Waals surface area contributed by atoms with Crippen LogP contribution in [0.2, 0.25) is 36.3 Å². The molecule has 172 valence electrons. The molecule has 4 heteroatoms. The summed E-state index contributed by atoms with van der Waals surface area (Å²) in [6, 6.07) is 7.66. The Kier molecular flexibility index (Phi) is 9.52. The van der Waals surface area contributed by atoms with Gasteiger partial charge in [0.15, 0.2) is 16.6 Å². The van der Waals surface area contributed by atoms with E-state index >= 15 is 0 Å². The summed E-state index contributed by atoms with van der Waals surface area (Å²) in [5.41, 5.74) is 0.468. The van der Waals surface area contributed by atoms with E-state index in [0.29, 0.717) is 17.4 Å². The monoisotopic (exact) mass is 440 g/mol. The maximum atomic E-state index is 7.11. The van der Waals surface area contributed by atoms with Crippen LogP contribution in [0.15, 0.2) is 0 Å². The van der Waals surface area contributed by atoms with Crippen LogP contribution in [0.4, 0.5) is 0 Å². The van der Waals surface area contributed by atoms with Crippen LogP contribution in [-0.4, -0.2) is 29.3 Å². The van der Waals surface area contributed by atoms with Gasteiger partial charge < -0.3 is 8.85 Å². The molecule has 0 unspecified atom stereocenters. The van der Waals surface area contributed by atoms with Crippen molar-refractivity contribution in [3.05, 3.63) is 0 Å². The van der Waals surface area contributed by atoms with Crippen molar-refractivity contribution in [2.45, 2.75) is 130 Å². The zero-order valence-electron chi connectivity index (χ0n) is 21.1. The molecule has 2 fully saturated rings. The maximum absolute atomic E-state index is 7.11. The first kappa shape index (κ1) is 25.6. The Labute approximate surface area is 185 Å². The van der Waals surface area contributed by atoms with E-state index in [4.69, 9.17) is 8.85 Å². The first-order valence-electron chi connectivity index (χ1n) is 13.1. The van der Waals surface area contributed by atoms with Gasteiger partial charge in [0.05, 0.1) is 0 Å². The van der Waals surface area contributed by atoms with Crippen molar-refractivity contribution in [3.63, 3.8) is 0 Å². The Morgan fingerprint density at radius 3 is 1.90 bits per heavy atom. The standard InChI is InChI=1S/C25H52O2Si2/c1-9-28(10-2,11-3)26-20-21(7)22-17-18-23-24(16-15-19-25(22,23)8)27-29(12-4,13-5)14-6/h21-24H,9-20H2,1-8H3/t21-,22-,23+,24+,25-/m1/s1. The third-order valence-corrected chi connectivity index (χ3v) is 19.1. The summed E-state index contributed by atoms with van der Waals surface area (Å²) in [5.74, 6) is 2.29. The summed E-state index contributed by atoms with van der Waals surface area (Å²) in [6.07, 6.45) is 7.39. The lowest BCUT2D eigenvalue weighted by molar-refractivity contribution is -0.0243. The van der Waals surface area contributed by atoms with E-state index < -0.39 is 16.6 Å². The van der Waals surface area contributed by atoms with Gasteiger partial charge in [-0.05, 0) is 85.1 Å². The summed E-state index contributed by atoms with van der Waals surface area (Å²) in [5, 5.41) is 0. The topological polar surface area (TPSA) is 18.5 Å². The van der Waals surface area contributed by atoms with E-state index in [1.807, 2.05) is 0 Å². The van der Waals surface area contributed by atoms with Crippen LogP contribution in [0.25, 0.3) is 0 Å². The lowest BCUT2D eigenvalue weighted by Crippen LogP contribution is -2.49. The van der Waals surface area contributed by atoms with Gasteiger partial charge in [0.25, 0.3) is 0 Å². The highest BCUT2D eigenvalue weighted by atomic mass is 28.4. The molecule has 0 radical (unpaired) electrons. The molecule has 2 aliphatic carbocycles. The van der Waals surface area contributed by atoms with Crippen molar-refractivity contribution >= 4 is 16.6 Å². The van der Waals surface area contributed by atoms with Gasteiger partial charge in [-0.15, -0.1) is 0 Å². The number of hydrogen-bond donors (Lipinski definition) is 0. The predicted octanol–water partition coefficient (Wildman–Crippen LogP) is 8.25. The second kappa shape index (κ2) is 10.8. The normalized spacial score (nSPS) is 31.7. The molecule has 2 rings (SSSR count). The van der Waals surface area contributed by atoms with Gasteiger partial charge >= 0.3 is 0 Å². The van der Waals surface area contributed by atoms with Crippen LogP contribution in [0, 0.1) is 23.2 Å². The van der Waals surface area contributed by atoms with Gasteiger partial charge in [0.2, 0.25) is 0 Å². The molecule has 0 spiro atoms. The average Bonchev–Trinajstić information content (AvgIpc) is 3.11. The summed E-state index contributed by atoms with van der Waals surface area (Å²) in [6.45, 7) is 20.3. The molecule has 0 heterocycles. The fraction of sp³-hybridized carbons (Fsp3) is 1.00. The Bertz CT molecular complexity index is 473. The Morgan fingerprint density at radius 1 is 0.828 bits per heavy atom. The number of fused-ring (bicyclic) bond motifs is 1. The minimum atomic E-state index is -1.52. The molecule has 0 aromatic carbocycles. The molecule has 0 aromatic heterocycles. The maximum Gasteiger partial charge on any atom is 0.192 e. The third kappa shape index (κ3) is 5.23. The highest BCUT2D eigenvalue weighted by Crippen LogP contribution is 2.59. The number of hydrogen-bond acceptors (Lipinski definition) is 2. The molecule has 0 bridgehead atoms. The van der Waals surface area contributed by atoms with Crippen molar-refractivity contribution < 1.29 is 8.85 Å². The second-order valence-electron chi connectivity index (χ2n) is 10.6. The minimum Gasteiger partial charge on any atom is -0.417 e. The minimum absolute atomic E-state index is 0.468. The SMILES string of the molecule is CC[Si](CC)(CC)OC[C@@H](C)[C@H]1CC[C@H]2[C@@H](O[Si](CC)(CC)CC)CCC[C@]12C. The van der Waals surface area contributed by atoms with Crippen molar-refractivity contribution in [1.82, 2.24) is 0 Å². The molecule has 2 saturated carbocycles. The van der Waals surface area contributed by atoms with Crippen LogP contribution in [-0.2, 0) is 8.85 Å². The van der Waals surface area contributed by atoms with Gasteiger partial charge in [-0.25, -0.2) is 0 Å². The first-order chi connectivity index (χ1) is 13.8. The van der Waals surface area contributed by atoms with E-state index in [9.17, 15) is 0 Å². The van der Waals surface area contributed by atoms with E-state index in [-0.39, 0.29) is 0 Å². The molecule has 0 aliphatic heterocycles. The smallest absolute Gasteiger partial charge is 0.192 e. The lowest BCUT2D eigenvalue weighted by Gasteiger charge is -2.49. The molecule has 0 saturated heterocycles. The molecule has 0 amide bonds. The van der Waals surface area contributed by atoms with Crippen LogP contribution in [0.3, 0.4) is 0 Å². The van der Waals surface area contributed by atoms with Crippen molar-refractivity contribution in [2.75, 3.05) is 6.61 Å². The van der Waals surface area contributed by atoms with Gasteiger partial charge in [0, 0.05) is 12.7 Å². The summed E-state index contributed by atoms with van der Waals surface area (Å²) in [7, 11) is -3.00. The lowest BCUT2D eigenvalue weighted by atomic mass is 9.62. The quantitative estimate of drug-likeness (QED) is 0.284. The second-order valence-corrected chi connectivity index (χ2v) is 20.1. The fourth-order valence-electron chi connectivity index (χ4n) is 7.04. The van der Waals surface area contributed by atoms with Crippen LogP contribution < -0.4 is 0 Å². The average molecular weight is 441 g/mol. The zero-order valence-corrected chi connectivity index (χ0v) is 23.1. The van der Waals surface area contributed by atoms with E-state index in [1.165, 1.54) is 68.4 Å². The van der Waals surface area contributed by atoms with E-state index in [0.717, 1.165) is 18.4 Å². The molecule has 0 aromatic rings. The summed E-state index contributed by atoms with van der Waals surface area (Å²) >= 11 is 0. The molecule has 29 heavy (non-hydrogen) atoms. The van der Waals surface area contributed by atoms with E-state index in [1.54, 1.807) is 0 Å². The largest absolute Gasteiger partial charge is 0.417 e. The van der Waals surface area contributed by atoms with Gasteiger partial charge in [0.1, 0.15) is 0 Å². The van der Waals surface area contributed by atoms with E-state index in [2.05, 4.69) is 55.4 Å². The first-order valence-corrected chi connectivity index (χ1v) is 18.2. The van der Waals surface area contributed by atoms with Crippen molar-refractivity contribution in [2.24, 2.45) is 23.2 Å². The molecule has 5 atom stereocenters. The Morgan fingerprint density at radius 2 is 1.38 bits per heavy atom. The zero-order chi connectivity index (χ0) is 21.7. The Balaban J connectivity index is 2.09. The predicted molar refractivity (Wildman–Crippen MR) is 133 cm³/mol. The molecule has 0 N–H and O–H groups in total. The Hall–Kier alpha value is 0.354. The molecule has 2 nitrogen and oxygen atoms in total. The van der Waals surface area contributed by atoms with Gasteiger partial charge in [-0.3, -0.25) is 0 Å². The van der Waals surface area contributed by atoms with Crippen molar-refractivity contribution in [1.29, 1.82) is 0 Å². The van der Waals surface area contributed by atoms with Crippen LogP contribution >= 0.6 is 0 Å². The highest BCUT2D eigenvalue weighted by Gasteiger charge is 2.54. The van der Waals surface area contributed by atoms with Crippen LogP contribution in [0.5, 0.6) is 0 Å². The summed E-state index contributed by atoms with van der Waals surface area (Å²) < 4.78 is 13.9. The number of rotatable bonds is 12. The third-order valence-electron chi connectivity index (χ3n) is 9.74. The highest BCUT2D eigenvalue weighted by molar-refractivity contribution is 6.74. The molecular formula is C25H52O2Si2. The molecule has 2 aliphatic rings. The molecular weight excluding hydrogens is 388 g/mol. The van der Waals surface area contributed by atoms with Gasteiger partial charge in [-0.1, -0.05) is 61.8 Å². The van der Waals surface area contributed by atoms with Gasteiger partial charge in [-0.2, -0.15) is 0 Å². The van der Waals surface area contributed by atoms with Crippen LogP contribution in [0.1, 0.15) is 87.5 Å².